The van der Waals surface area contributed by atoms with Gasteiger partial charge in [-0.25, -0.2) is 18.4 Å². The van der Waals surface area contributed by atoms with E-state index in [-0.39, 0.29) is 18.7 Å². The van der Waals surface area contributed by atoms with Crippen molar-refractivity contribution < 1.29 is 28.6 Å². The maximum atomic E-state index is 13.4. The van der Waals surface area contributed by atoms with Crippen LogP contribution in [0.25, 0.3) is 0 Å². The van der Waals surface area contributed by atoms with Gasteiger partial charge in [0.1, 0.15) is 6.04 Å². The summed E-state index contributed by atoms with van der Waals surface area (Å²) in [6.07, 6.45) is -1.06. The number of halogens is 2. The molecule has 20 heavy (non-hydrogen) atoms. The minimum atomic E-state index is -1.27. The molecule has 6 nitrogen and oxygen atoms in total. The second-order valence-electron chi connectivity index (χ2n) is 4.43. The molecule has 1 aliphatic heterocycles. The van der Waals surface area contributed by atoms with Crippen molar-refractivity contribution in [3.05, 3.63) is 29.8 Å². The summed E-state index contributed by atoms with van der Waals surface area (Å²) >= 11 is 0. The highest BCUT2D eigenvalue weighted by Gasteiger charge is 2.39. The van der Waals surface area contributed by atoms with Gasteiger partial charge < -0.3 is 20.4 Å². The molecule has 1 fully saturated rings. The molecule has 1 aromatic rings. The highest BCUT2D eigenvalue weighted by Crippen LogP contribution is 2.21. The second-order valence-corrected chi connectivity index (χ2v) is 4.43. The van der Waals surface area contributed by atoms with Gasteiger partial charge in [-0.15, -0.1) is 0 Å². The van der Waals surface area contributed by atoms with Crippen molar-refractivity contribution in [2.75, 3.05) is 11.9 Å². The van der Waals surface area contributed by atoms with Crippen molar-refractivity contribution in [2.24, 2.45) is 0 Å². The topological polar surface area (TPSA) is 89.9 Å². The van der Waals surface area contributed by atoms with Crippen LogP contribution in [0.4, 0.5) is 19.3 Å². The Morgan fingerprint density at radius 2 is 2.05 bits per heavy atom. The lowest BCUT2D eigenvalue weighted by molar-refractivity contribution is -0.141. The maximum absolute atomic E-state index is 13.4. The monoisotopic (exact) mass is 286 g/mol. The summed E-state index contributed by atoms with van der Waals surface area (Å²) in [6, 6.07) is 1.16. The summed E-state index contributed by atoms with van der Waals surface area (Å²) in [5.41, 5.74) is -0.388. The molecule has 1 heterocycles. The van der Waals surface area contributed by atoms with E-state index in [1.165, 1.54) is 6.07 Å². The first kappa shape index (κ1) is 14.2. The van der Waals surface area contributed by atoms with E-state index in [0.717, 1.165) is 17.0 Å². The fourth-order valence-electron chi connectivity index (χ4n) is 2.06. The van der Waals surface area contributed by atoms with E-state index in [0.29, 0.717) is 0 Å². The number of β-amino-alcohol motifs (C(OH)–C–C–N with tert-alkyl or cyclic N) is 1. The number of carboxylic acid groups (broad SMARTS) is 1. The molecule has 1 saturated heterocycles. The van der Waals surface area contributed by atoms with E-state index in [2.05, 4.69) is 5.32 Å². The number of hydrogen-bond donors (Lipinski definition) is 3. The van der Waals surface area contributed by atoms with Gasteiger partial charge in [0.2, 0.25) is 0 Å². The van der Waals surface area contributed by atoms with Crippen molar-refractivity contribution in [2.45, 2.75) is 18.6 Å². The number of rotatable bonds is 2. The van der Waals surface area contributed by atoms with Gasteiger partial charge in [-0.1, -0.05) is 6.07 Å². The number of carbonyl (C=O) groups is 2. The third-order valence-electron chi connectivity index (χ3n) is 3.02. The minimum absolute atomic E-state index is 0.103. The Hall–Kier alpha value is -2.22. The van der Waals surface area contributed by atoms with Crippen LogP contribution in [0.2, 0.25) is 0 Å². The van der Waals surface area contributed by atoms with Gasteiger partial charge in [0.15, 0.2) is 11.6 Å². The predicted octanol–water partition coefficient (Wildman–Crippen LogP) is 1.02. The second kappa shape index (κ2) is 5.41. The van der Waals surface area contributed by atoms with Crippen LogP contribution < -0.4 is 5.32 Å². The number of carbonyl (C=O) groups excluding carboxylic acids is 1. The SMILES string of the molecule is O=C(O)[C@@H]1CC(O)CN1C(=O)Nc1cccc(F)c1F. The van der Waals surface area contributed by atoms with Gasteiger partial charge in [0, 0.05) is 13.0 Å². The molecule has 8 heteroatoms. The van der Waals surface area contributed by atoms with Crippen LogP contribution in [0.3, 0.4) is 0 Å². The summed E-state index contributed by atoms with van der Waals surface area (Å²) < 4.78 is 26.4. The molecule has 2 rings (SSSR count). The van der Waals surface area contributed by atoms with Crippen LogP contribution in [0.5, 0.6) is 0 Å². The molecular weight excluding hydrogens is 274 g/mol. The van der Waals surface area contributed by atoms with Gasteiger partial charge in [0.25, 0.3) is 0 Å². The summed E-state index contributed by atoms with van der Waals surface area (Å²) in [7, 11) is 0. The van der Waals surface area contributed by atoms with Gasteiger partial charge in [0.05, 0.1) is 11.8 Å². The Kier molecular flexibility index (Phi) is 3.84. The molecule has 0 radical (unpaired) electrons. The Morgan fingerprint density at radius 1 is 1.35 bits per heavy atom. The summed E-state index contributed by atoms with van der Waals surface area (Å²) in [6.45, 7) is -0.181. The lowest BCUT2D eigenvalue weighted by atomic mass is 10.2. The number of nitrogens with zero attached hydrogens (tertiary/aromatic N) is 1. The molecular formula is C12H12F2N2O4. The zero-order valence-corrected chi connectivity index (χ0v) is 10.2. The summed E-state index contributed by atoms with van der Waals surface area (Å²) in [5, 5.41) is 20.5. The lowest BCUT2D eigenvalue weighted by Gasteiger charge is -2.21. The van der Waals surface area contributed by atoms with Crippen molar-refractivity contribution >= 4 is 17.7 Å². The molecule has 108 valence electrons. The van der Waals surface area contributed by atoms with Crippen LogP contribution in [-0.2, 0) is 4.79 Å². The predicted molar refractivity (Wildman–Crippen MR) is 64.1 cm³/mol. The number of carboxylic acids is 1. The normalized spacial score (nSPS) is 21.9. The first-order valence-electron chi connectivity index (χ1n) is 5.82. The molecule has 2 amide bonds. The molecule has 1 aliphatic rings. The van der Waals surface area contributed by atoms with Gasteiger partial charge in [-0.05, 0) is 12.1 Å². The van der Waals surface area contributed by atoms with E-state index in [1.54, 1.807) is 0 Å². The Balaban J connectivity index is 2.15. The van der Waals surface area contributed by atoms with E-state index in [4.69, 9.17) is 5.11 Å². The first-order valence-corrected chi connectivity index (χ1v) is 5.82. The third-order valence-corrected chi connectivity index (χ3v) is 3.02. The van der Waals surface area contributed by atoms with E-state index in [9.17, 15) is 23.5 Å². The van der Waals surface area contributed by atoms with Crippen LogP contribution in [0, 0.1) is 11.6 Å². The zero-order valence-electron chi connectivity index (χ0n) is 10.2. The molecule has 1 unspecified atom stereocenters. The van der Waals surface area contributed by atoms with Crippen molar-refractivity contribution in [3.63, 3.8) is 0 Å². The van der Waals surface area contributed by atoms with Gasteiger partial charge in [-0.2, -0.15) is 0 Å². The fraction of sp³-hybridized carbons (Fsp3) is 0.333. The first-order chi connectivity index (χ1) is 9.40. The Labute approximate surface area is 112 Å². The number of anilines is 1. The van der Waals surface area contributed by atoms with Crippen molar-refractivity contribution in [1.82, 2.24) is 4.90 Å². The highest BCUT2D eigenvalue weighted by molar-refractivity contribution is 5.92. The van der Waals surface area contributed by atoms with Crippen LogP contribution >= 0.6 is 0 Å². The zero-order chi connectivity index (χ0) is 14.9. The average Bonchev–Trinajstić information content (AvgIpc) is 2.77. The quantitative estimate of drug-likeness (QED) is 0.757. The number of amides is 2. The molecule has 0 aliphatic carbocycles. The standard InChI is InChI=1S/C12H12F2N2O4/c13-7-2-1-3-8(10(7)14)15-12(20)16-5-6(17)4-9(16)11(18)19/h1-3,6,9,17H,4-5H2,(H,15,20)(H,18,19)/t6?,9-/m0/s1. The highest BCUT2D eigenvalue weighted by atomic mass is 19.2. The maximum Gasteiger partial charge on any atom is 0.326 e. The van der Waals surface area contributed by atoms with Crippen LogP contribution in [0.1, 0.15) is 6.42 Å². The lowest BCUT2D eigenvalue weighted by Crippen LogP contribution is -2.43. The minimum Gasteiger partial charge on any atom is -0.480 e. The number of nitrogens with one attached hydrogen (secondary N) is 1. The number of aliphatic hydroxyl groups is 1. The molecule has 1 aromatic carbocycles. The van der Waals surface area contributed by atoms with Crippen molar-refractivity contribution in [3.8, 4) is 0 Å². The smallest absolute Gasteiger partial charge is 0.326 e. The number of urea groups is 1. The number of aliphatic carboxylic acids is 1. The molecule has 0 saturated carbocycles. The van der Waals surface area contributed by atoms with E-state index in [1.807, 2.05) is 0 Å². The largest absolute Gasteiger partial charge is 0.480 e. The number of benzene rings is 1. The van der Waals surface area contributed by atoms with Gasteiger partial charge in [-0.3, -0.25) is 0 Å². The van der Waals surface area contributed by atoms with Crippen LogP contribution in [-0.4, -0.2) is 45.8 Å². The summed E-state index contributed by atoms with van der Waals surface area (Å²) in [5.74, 6) is -3.62. The number of likely N-dealkylation sites (tertiary alicyclic amines) is 1. The number of hydrogen-bond acceptors (Lipinski definition) is 3. The fourth-order valence-corrected chi connectivity index (χ4v) is 2.06. The molecule has 3 N–H and O–H groups in total. The number of aliphatic hydroxyl groups excluding tert-OH is 1. The Bertz CT molecular complexity index is 552. The van der Waals surface area contributed by atoms with Gasteiger partial charge >= 0.3 is 12.0 Å². The molecule has 2 atom stereocenters. The summed E-state index contributed by atoms with van der Waals surface area (Å²) in [4.78, 5) is 23.7. The van der Waals surface area contributed by atoms with E-state index < -0.39 is 35.8 Å². The molecule has 0 bridgehead atoms. The average molecular weight is 286 g/mol. The van der Waals surface area contributed by atoms with Crippen molar-refractivity contribution in [1.29, 1.82) is 0 Å². The Morgan fingerprint density at radius 3 is 2.70 bits per heavy atom. The van der Waals surface area contributed by atoms with E-state index >= 15 is 0 Å². The van der Waals surface area contributed by atoms with Crippen LogP contribution in [0.15, 0.2) is 18.2 Å². The molecule has 0 spiro atoms. The molecule has 0 aromatic heterocycles. The third kappa shape index (κ3) is 2.69.